The molecule has 4 saturated heterocycles. The van der Waals surface area contributed by atoms with Crippen LogP contribution < -0.4 is 40.2 Å². The first kappa shape index (κ1) is 89.8. The summed E-state index contributed by atoms with van der Waals surface area (Å²) in [5.41, 5.74) is 6.47. The number of nitrogens with zero attached hydrogens (tertiary/aromatic N) is 4. The quantitative estimate of drug-likeness (QED) is 0.0315. The fourth-order valence-electron chi connectivity index (χ4n) is 21.3. The maximum atomic E-state index is 13.9. The summed E-state index contributed by atoms with van der Waals surface area (Å²) in [6.07, 6.45) is 3.47. The third kappa shape index (κ3) is 20.4. The molecule has 680 valence electrons. The number of aliphatic hydroxyl groups excluding tert-OH is 4. The van der Waals surface area contributed by atoms with Crippen molar-refractivity contribution in [1.82, 2.24) is 19.6 Å². The Morgan fingerprint density at radius 2 is 0.516 bits per heavy atom. The van der Waals surface area contributed by atoms with Crippen LogP contribution in [0.2, 0.25) is 0 Å². The number of nitrogens with one attached hydrogen (secondary N) is 4. The Morgan fingerprint density at radius 1 is 0.305 bits per heavy atom. The van der Waals surface area contributed by atoms with E-state index in [2.05, 4.69) is 21.3 Å². The molecule has 8 aromatic rings. The van der Waals surface area contributed by atoms with E-state index in [1.54, 1.807) is 0 Å². The lowest BCUT2D eigenvalue weighted by atomic mass is 9.95. The van der Waals surface area contributed by atoms with Crippen molar-refractivity contribution in [3.8, 4) is 23.0 Å². The number of β-amino-alcohol motifs (C(OH)–C–C–N with tert-alkyl or cyclic N) is 8. The van der Waals surface area contributed by atoms with Gasteiger partial charge < -0.3 is 81.1 Å². The highest BCUT2D eigenvalue weighted by molar-refractivity contribution is 5.96. The molecule has 4 aliphatic carbocycles. The lowest BCUT2D eigenvalue weighted by molar-refractivity contribution is -0.117. The average molecular weight is 1780 g/mol. The number of aliphatic hydroxyl groups is 8. The summed E-state index contributed by atoms with van der Waals surface area (Å²) in [6.45, 7) is 5.48. The predicted molar refractivity (Wildman–Crippen MR) is 453 cm³/mol. The van der Waals surface area contributed by atoms with Crippen molar-refractivity contribution in [2.24, 2.45) is 23.7 Å². The largest absolute Gasteiger partial charge is 0.487 e. The Labute approximate surface area is 733 Å². The number of amides is 4. The molecule has 0 aromatic heterocycles. The first-order valence-corrected chi connectivity index (χ1v) is 43.8. The van der Waals surface area contributed by atoms with Gasteiger partial charge in [0.05, 0.1) is 46.8 Å². The summed E-state index contributed by atoms with van der Waals surface area (Å²) in [6, 6.07) is 34.7. The van der Waals surface area contributed by atoms with Gasteiger partial charge in [0.2, 0.25) is 23.6 Å². The van der Waals surface area contributed by atoms with Crippen LogP contribution in [0.3, 0.4) is 0 Å². The molecule has 4 saturated carbocycles. The molecule has 12 aliphatic rings. The molecule has 8 aliphatic heterocycles. The summed E-state index contributed by atoms with van der Waals surface area (Å²) >= 11 is 0. The number of benzene rings is 8. The van der Waals surface area contributed by atoms with Gasteiger partial charge in [-0.25, -0.2) is 35.1 Å². The number of carbonyl (C=O) groups excluding carboxylic acids is 4. The van der Waals surface area contributed by atoms with Crippen LogP contribution in [-0.4, -0.2) is 209 Å². The van der Waals surface area contributed by atoms with Gasteiger partial charge in [0.15, 0.2) is 46.3 Å². The lowest BCUT2D eigenvalue weighted by Gasteiger charge is -2.25. The highest BCUT2D eigenvalue weighted by atomic mass is 19.2. The van der Waals surface area contributed by atoms with Gasteiger partial charge in [-0.05, 0) is 169 Å². The van der Waals surface area contributed by atoms with E-state index in [9.17, 15) is 95.2 Å². The van der Waals surface area contributed by atoms with Crippen LogP contribution in [0.1, 0.15) is 146 Å². The Morgan fingerprint density at radius 3 is 0.719 bits per heavy atom. The van der Waals surface area contributed by atoms with Gasteiger partial charge in [-0.1, -0.05) is 48.5 Å². The van der Waals surface area contributed by atoms with Crippen LogP contribution in [0.15, 0.2) is 146 Å². The van der Waals surface area contributed by atoms with Crippen LogP contribution in [-0.2, 0) is 44.9 Å². The predicted octanol–water partition coefficient (Wildman–Crippen LogP) is 11.1. The van der Waals surface area contributed by atoms with E-state index < -0.39 is 93.4 Å². The Kier molecular flexibility index (Phi) is 25.9. The monoisotopic (exact) mass is 1780 g/mol. The number of carbonyl (C=O) groups is 4. The third-order valence-corrected chi connectivity index (χ3v) is 27.6. The summed E-state index contributed by atoms with van der Waals surface area (Å²) in [5.74, 6) is -5.49. The minimum absolute atomic E-state index is 0.00469. The summed E-state index contributed by atoms with van der Waals surface area (Å²) in [4.78, 5) is 54.2. The molecule has 8 fully saturated rings. The van der Waals surface area contributed by atoms with Gasteiger partial charge in [-0.2, -0.15) is 0 Å². The second-order valence-corrected chi connectivity index (χ2v) is 36.9. The minimum Gasteiger partial charge on any atom is -0.487 e. The van der Waals surface area contributed by atoms with Crippen LogP contribution in [0.5, 0.6) is 23.0 Å². The molecular formula is C96H104F8N8O16. The van der Waals surface area contributed by atoms with Crippen LogP contribution >= 0.6 is 0 Å². The molecule has 8 aromatic carbocycles. The molecule has 0 radical (unpaired) electrons. The van der Waals surface area contributed by atoms with E-state index in [1.165, 1.54) is 0 Å². The van der Waals surface area contributed by atoms with Gasteiger partial charge in [0.25, 0.3) is 0 Å². The van der Waals surface area contributed by atoms with Crippen molar-refractivity contribution in [3.63, 3.8) is 0 Å². The molecule has 0 unspecified atom stereocenters. The van der Waals surface area contributed by atoms with Gasteiger partial charge in [-0.15, -0.1) is 0 Å². The molecule has 8 heterocycles. The van der Waals surface area contributed by atoms with Crippen molar-refractivity contribution >= 4 is 46.4 Å². The smallest absolute Gasteiger partial charge is 0.224 e. The Hall–Kier alpha value is -10.2. The first-order chi connectivity index (χ1) is 61.1. The van der Waals surface area contributed by atoms with Crippen LogP contribution in [0.25, 0.3) is 0 Å². The second-order valence-electron chi connectivity index (χ2n) is 36.9. The van der Waals surface area contributed by atoms with Crippen molar-refractivity contribution in [2.75, 3.05) is 99.8 Å². The molecule has 16 atom stereocenters. The van der Waals surface area contributed by atoms with E-state index in [1.807, 2.05) is 92.4 Å². The lowest BCUT2D eigenvalue weighted by Crippen LogP contribution is -2.36. The van der Waals surface area contributed by atoms with Crippen molar-refractivity contribution in [3.05, 3.63) is 237 Å². The molecule has 24 nitrogen and oxygen atoms in total. The normalized spacial score (nSPS) is 28.2. The van der Waals surface area contributed by atoms with E-state index in [0.29, 0.717) is 181 Å². The molecule has 4 amide bonds. The molecular weight excluding hydrogens is 1670 g/mol. The Balaban J connectivity index is 0.000000120. The zero-order chi connectivity index (χ0) is 89.8. The number of aryl methyl sites for hydroxylation is 4. The fraction of sp³-hybridized carbons (Fsp3) is 0.458. The standard InChI is InChI=1S/4C24H26F2N2O4/c4*25-17-3-4-19(26)22(9-17)32-18-8-16-11-28(13-24(16,31)10-18)12-21(29)15-1-5-20-14(7-15)2-6-23(30)27-20/h4*1,3-5,7,9,16,18,21,29,31H,2,6,8,10-13H2,(H,27,30)/t2*16-,18+,21+,24-;2*16-,18+,21-,24-/m1010/s1. The summed E-state index contributed by atoms with van der Waals surface area (Å²) < 4.78 is 132. The number of ether oxygens (including phenoxy) is 4. The molecule has 32 heteroatoms. The van der Waals surface area contributed by atoms with E-state index in [0.717, 1.165) is 140 Å². The SMILES string of the molecule is O=C1CCc2cc([C@@H](O)CN3C[C@@H]4C[C@@H](Oc5cc(F)ccc5F)C[C@]4(O)C3)ccc2N1.O=C1CCc2cc([C@@H](O)CN3C[C@H]4C[C@H](Oc5cc(F)ccc5F)C[C@@]4(O)C3)ccc2N1.O=C1CCc2cc([C@H](O)CN3C[C@@H]4C[C@@H](Oc5cc(F)ccc5F)C[C@]4(O)C3)ccc2N1.O=C1CCc2cc([C@H](O)CN3C[C@H]4C[C@H](Oc5cc(F)ccc5F)C[C@@]4(O)C3)ccc2N1. The number of hydrogen-bond donors (Lipinski definition) is 12. The van der Waals surface area contributed by atoms with Crippen LogP contribution in [0, 0.1) is 70.2 Å². The van der Waals surface area contributed by atoms with Crippen molar-refractivity contribution in [2.45, 2.75) is 174 Å². The van der Waals surface area contributed by atoms with Crippen molar-refractivity contribution < 1.29 is 114 Å². The zero-order valence-corrected chi connectivity index (χ0v) is 70.2. The topological polar surface area (TPSA) is 328 Å². The first-order valence-electron chi connectivity index (χ1n) is 43.8. The molecule has 12 N–H and O–H groups in total. The van der Waals surface area contributed by atoms with Crippen molar-refractivity contribution in [1.29, 1.82) is 0 Å². The van der Waals surface area contributed by atoms with Gasteiger partial charge >= 0.3 is 0 Å². The molecule has 0 spiro atoms. The summed E-state index contributed by atoms with van der Waals surface area (Å²) in [5, 5.41) is 99.0. The van der Waals surface area contributed by atoms with Gasteiger partial charge in [0, 0.05) is 201 Å². The number of anilines is 4. The number of rotatable bonds is 20. The highest BCUT2D eigenvalue weighted by Gasteiger charge is 2.57. The fourth-order valence-corrected chi connectivity index (χ4v) is 21.3. The maximum absolute atomic E-state index is 13.9. The molecule has 128 heavy (non-hydrogen) atoms. The van der Waals surface area contributed by atoms with E-state index in [4.69, 9.17) is 18.9 Å². The van der Waals surface area contributed by atoms with Crippen LogP contribution in [0.4, 0.5) is 57.9 Å². The maximum Gasteiger partial charge on any atom is 0.224 e. The van der Waals surface area contributed by atoms with E-state index >= 15 is 0 Å². The number of fused-ring (bicyclic) bond motifs is 8. The average Bonchev–Trinajstić information content (AvgIpc) is 1.62. The third-order valence-electron chi connectivity index (χ3n) is 27.6. The van der Waals surface area contributed by atoms with Gasteiger partial charge in [0.1, 0.15) is 47.7 Å². The van der Waals surface area contributed by atoms with Gasteiger partial charge in [-0.3, -0.25) is 38.8 Å². The second kappa shape index (κ2) is 37.0. The highest BCUT2D eigenvalue weighted by Crippen LogP contribution is 2.49. The number of hydrogen-bond acceptors (Lipinski definition) is 20. The zero-order valence-electron chi connectivity index (χ0n) is 70.2. The minimum atomic E-state index is -0.978. The molecule has 0 bridgehead atoms. The number of halogens is 8. The van der Waals surface area contributed by atoms with E-state index in [-0.39, 0.29) is 94.7 Å². The Bertz CT molecular complexity index is 4850. The molecule has 20 rings (SSSR count). The summed E-state index contributed by atoms with van der Waals surface area (Å²) in [7, 11) is 0. The number of likely N-dealkylation sites (tertiary alicyclic amines) is 4.